The van der Waals surface area contributed by atoms with Gasteiger partial charge < -0.3 is 25.6 Å². The molecule has 1 aromatic heterocycles. The van der Waals surface area contributed by atoms with E-state index in [0.717, 1.165) is 57.1 Å². The number of rotatable bonds is 12. The number of nitrogens with zero attached hydrogens (tertiary/aromatic N) is 3. The molecule has 3 aromatic rings. The molecule has 6 rings (SSSR count). The van der Waals surface area contributed by atoms with Gasteiger partial charge in [-0.05, 0) is 52.9 Å². The number of benzene rings is 2. The van der Waals surface area contributed by atoms with Gasteiger partial charge in [0.1, 0.15) is 6.61 Å². The van der Waals surface area contributed by atoms with Crippen molar-refractivity contribution in [2.75, 3.05) is 36.9 Å². The van der Waals surface area contributed by atoms with Crippen LogP contribution in [-0.2, 0) is 28.7 Å². The van der Waals surface area contributed by atoms with Gasteiger partial charge in [-0.1, -0.05) is 12.1 Å². The standard InChI is InChI=1S/C33H29N5O10/c39-26(12-15-37-29(42)8-9-30(37)43)35-20-3-5-22-21-4-2-19(34-13-1-14-36-27(40)6-7-28(36)41)16-23(21)25(24(22)17-20)18-47-33(46)48-38-31(44)10-11-32(38)45/h2-11,16-17,25,34,44-45H,1,12-15,18H2,(H,35,39). The molecule has 48 heavy (non-hydrogen) atoms. The smallest absolute Gasteiger partial charge is 0.492 e. The van der Waals surface area contributed by atoms with Crippen LogP contribution in [0.3, 0.4) is 0 Å². The molecule has 3 aliphatic rings. The van der Waals surface area contributed by atoms with Gasteiger partial charge in [0.05, 0.1) is 0 Å². The molecule has 0 spiro atoms. The molecule has 2 aliphatic heterocycles. The molecule has 246 valence electrons. The van der Waals surface area contributed by atoms with Gasteiger partial charge in [0, 0.05) is 79.8 Å². The summed E-state index contributed by atoms with van der Waals surface area (Å²) in [7, 11) is 0. The lowest BCUT2D eigenvalue weighted by Gasteiger charge is -2.17. The molecule has 3 heterocycles. The van der Waals surface area contributed by atoms with E-state index in [1.54, 1.807) is 12.1 Å². The average Bonchev–Trinajstić information content (AvgIpc) is 3.77. The zero-order valence-corrected chi connectivity index (χ0v) is 25.3. The van der Waals surface area contributed by atoms with Crippen LogP contribution >= 0.6 is 0 Å². The highest BCUT2D eigenvalue weighted by Gasteiger charge is 2.32. The third-order valence-corrected chi connectivity index (χ3v) is 8.01. The minimum atomic E-state index is -1.19. The predicted molar refractivity (Wildman–Crippen MR) is 167 cm³/mol. The van der Waals surface area contributed by atoms with E-state index < -0.39 is 41.6 Å². The number of carbonyl (C=O) groups is 6. The third kappa shape index (κ3) is 6.46. The SMILES string of the molecule is O=C(CCN1C(=O)C=CC1=O)Nc1ccc2c(c1)C(COC(=O)On1c(O)ccc1O)c1cc(NCCCN3C(=O)C=CC3=O)ccc1-2. The predicted octanol–water partition coefficient (Wildman–Crippen LogP) is 2.26. The molecule has 0 saturated heterocycles. The molecule has 5 amide bonds. The van der Waals surface area contributed by atoms with Crippen LogP contribution in [0, 0.1) is 0 Å². The van der Waals surface area contributed by atoms with Gasteiger partial charge in [0.2, 0.25) is 17.7 Å². The molecule has 1 aliphatic carbocycles. The van der Waals surface area contributed by atoms with E-state index >= 15 is 0 Å². The van der Waals surface area contributed by atoms with Crippen molar-refractivity contribution in [3.05, 3.63) is 84.0 Å². The highest BCUT2D eigenvalue weighted by atomic mass is 16.8. The molecule has 0 saturated carbocycles. The maximum atomic E-state index is 12.7. The first-order valence-corrected chi connectivity index (χ1v) is 14.9. The van der Waals surface area contributed by atoms with E-state index in [1.165, 1.54) is 17.1 Å². The largest absolute Gasteiger partial charge is 0.534 e. The molecule has 15 heteroatoms. The Bertz CT molecular complexity index is 1860. The van der Waals surface area contributed by atoms with Gasteiger partial charge in [-0.2, -0.15) is 0 Å². The van der Waals surface area contributed by atoms with Crippen molar-refractivity contribution < 1.29 is 48.6 Å². The van der Waals surface area contributed by atoms with Crippen molar-refractivity contribution in [2.45, 2.75) is 18.8 Å². The Kier molecular flexibility index (Phi) is 8.66. The number of fused-ring (bicyclic) bond motifs is 3. The maximum absolute atomic E-state index is 12.7. The molecule has 4 N–H and O–H groups in total. The fraction of sp³-hybridized carbons (Fsp3) is 0.212. The van der Waals surface area contributed by atoms with E-state index in [-0.39, 0.29) is 37.9 Å². The Morgan fingerprint density at radius 3 is 1.88 bits per heavy atom. The van der Waals surface area contributed by atoms with Crippen molar-refractivity contribution >= 4 is 47.1 Å². The summed E-state index contributed by atoms with van der Waals surface area (Å²) in [6.07, 6.45) is 3.99. The second-order valence-electron chi connectivity index (χ2n) is 11.1. The van der Waals surface area contributed by atoms with E-state index in [1.807, 2.05) is 24.3 Å². The fourth-order valence-corrected chi connectivity index (χ4v) is 5.68. The van der Waals surface area contributed by atoms with Gasteiger partial charge in [0.25, 0.3) is 23.6 Å². The van der Waals surface area contributed by atoms with Crippen LogP contribution in [-0.4, -0.2) is 86.7 Å². The molecular weight excluding hydrogens is 626 g/mol. The highest BCUT2D eigenvalue weighted by Crippen LogP contribution is 2.47. The molecule has 2 aromatic carbocycles. The Labute approximate surface area is 272 Å². The molecule has 1 atom stereocenters. The monoisotopic (exact) mass is 655 g/mol. The Hall–Kier alpha value is -6.38. The van der Waals surface area contributed by atoms with Crippen LogP contribution in [0.4, 0.5) is 16.2 Å². The van der Waals surface area contributed by atoms with E-state index in [2.05, 4.69) is 10.6 Å². The molecule has 0 fully saturated rings. The molecule has 1 unspecified atom stereocenters. The summed E-state index contributed by atoms with van der Waals surface area (Å²) in [5.74, 6) is -3.61. The normalized spacial score (nSPS) is 16.0. The van der Waals surface area contributed by atoms with Crippen LogP contribution in [0.2, 0.25) is 0 Å². The summed E-state index contributed by atoms with van der Waals surface area (Å²) < 4.78 is 5.92. The number of aromatic hydroxyl groups is 2. The van der Waals surface area contributed by atoms with Crippen molar-refractivity contribution in [3.63, 3.8) is 0 Å². The van der Waals surface area contributed by atoms with Crippen molar-refractivity contribution in [1.82, 2.24) is 14.5 Å². The van der Waals surface area contributed by atoms with Crippen LogP contribution in [0.15, 0.2) is 72.8 Å². The summed E-state index contributed by atoms with van der Waals surface area (Å²) in [5.41, 5.74) is 4.39. The van der Waals surface area contributed by atoms with Crippen LogP contribution in [0.25, 0.3) is 11.1 Å². The van der Waals surface area contributed by atoms with E-state index in [9.17, 15) is 39.0 Å². The van der Waals surface area contributed by atoms with Gasteiger partial charge in [0.15, 0.2) is 0 Å². The first-order valence-electron chi connectivity index (χ1n) is 14.9. The minimum Gasteiger partial charge on any atom is -0.492 e. The second kappa shape index (κ2) is 13.2. The number of imide groups is 2. The zero-order valence-electron chi connectivity index (χ0n) is 25.3. The number of amides is 5. The van der Waals surface area contributed by atoms with Gasteiger partial charge >= 0.3 is 6.16 Å². The average molecular weight is 656 g/mol. The molecule has 0 radical (unpaired) electrons. The van der Waals surface area contributed by atoms with Crippen molar-refractivity contribution in [1.29, 1.82) is 0 Å². The first-order chi connectivity index (χ1) is 23.1. The van der Waals surface area contributed by atoms with E-state index in [4.69, 9.17) is 9.57 Å². The fourth-order valence-electron chi connectivity index (χ4n) is 5.68. The topological polar surface area (TPSA) is 197 Å². The quantitative estimate of drug-likeness (QED) is 0.127. The molecule has 0 bridgehead atoms. The van der Waals surface area contributed by atoms with Crippen molar-refractivity contribution in [3.8, 4) is 22.9 Å². The second-order valence-corrected chi connectivity index (χ2v) is 11.1. The lowest BCUT2D eigenvalue weighted by molar-refractivity contribution is -0.138. The van der Waals surface area contributed by atoms with Crippen molar-refractivity contribution in [2.24, 2.45) is 0 Å². The molecular formula is C33H29N5O10. The highest BCUT2D eigenvalue weighted by molar-refractivity contribution is 6.13. The third-order valence-electron chi connectivity index (χ3n) is 8.01. The lowest BCUT2D eigenvalue weighted by Crippen LogP contribution is -2.33. The number of hydrogen-bond donors (Lipinski definition) is 4. The summed E-state index contributed by atoms with van der Waals surface area (Å²) in [4.78, 5) is 79.6. The van der Waals surface area contributed by atoms with Gasteiger partial charge in [-0.3, -0.25) is 38.6 Å². The number of carbonyl (C=O) groups excluding carboxylic acids is 6. The van der Waals surface area contributed by atoms with Gasteiger partial charge in [-0.15, -0.1) is 4.73 Å². The summed E-state index contributed by atoms with van der Waals surface area (Å²) >= 11 is 0. The summed E-state index contributed by atoms with van der Waals surface area (Å²) in [6.45, 7) is 0.437. The zero-order chi connectivity index (χ0) is 33.9. The number of anilines is 2. The van der Waals surface area contributed by atoms with Crippen LogP contribution in [0.1, 0.15) is 29.9 Å². The number of nitrogens with one attached hydrogen (secondary N) is 2. The summed E-state index contributed by atoms with van der Waals surface area (Å²) in [5, 5.41) is 25.7. The van der Waals surface area contributed by atoms with Crippen LogP contribution < -0.4 is 15.5 Å². The lowest BCUT2D eigenvalue weighted by atomic mass is 9.97. The first kappa shape index (κ1) is 31.6. The maximum Gasteiger partial charge on any atom is 0.534 e. The Morgan fingerprint density at radius 1 is 0.729 bits per heavy atom. The Balaban J connectivity index is 1.16. The number of hydrogen-bond acceptors (Lipinski definition) is 11. The van der Waals surface area contributed by atoms with Gasteiger partial charge in [-0.25, -0.2) is 4.79 Å². The minimum absolute atomic E-state index is 0.0741. The molecule has 15 nitrogen and oxygen atoms in total. The summed E-state index contributed by atoms with van der Waals surface area (Å²) in [6, 6.07) is 13.2. The van der Waals surface area contributed by atoms with Crippen LogP contribution in [0.5, 0.6) is 11.8 Å². The Morgan fingerprint density at radius 2 is 1.27 bits per heavy atom. The number of aromatic nitrogens is 1. The van der Waals surface area contributed by atoms with E-state index in [0.29, 0.717) is 23.4 Å². The number of ether oxygens (including phenoxy) is 1.